The molecule has 1 aromatic rings. The molecule has 0 aliphatic heterocycles. The maximum absolute atomic E-state index is 12.0. The number of hydrogen-bond donors (Lipinski definition) is 1. The van der Waals surface area contributed by atoms with Crippen molar-refractivity contribution in [2.75, 3.05) is 0 Å². The molecule has 0 saturated heterocycles. The van der Waals surface area contributed by atoms with E-state index in [1.165, 1.54) is 22.6 Å². The van der Waals surface area contributed by atoms with E-state index in [9.17, 15) is 28.1 Å². The fourth-order valence-electron chi connectivity index (χ4n) is 1.15. The standard InChI is InChI=1S/C8H4F3IN2O5/c9-8(10,11)19-5-2-4(14(17)18)3(1-6(15)16)7(12)13-5/h2H,1H2,(H,15,16). The Kier molecular flexibility index (Phi) is 4.49. The number of pyridine rings is 1. The van der Waals surface area contributed by atoms with Crippen molar-refractivity contribution in [2.24, 2.45) is 0 Å². The monoisotopic (exact) mass is 392 g/mol. The lowest BCUT2D eigenvalue weighted by atomic mass is 10.2. The van der Waals surface area contributed by atoms with Crippen LogP contribution in [0.25, 0.3) is 0 Å². The van der Waals surface area contributed by atoms with Crippen LogP contribution in [0.2, 0.25) is 0 Å². The molecule has 0 bridgehead atoms. The van der Waals surface area contributed by atoms with Gasteiger partial charge in [0.1, 0.15) is 3.70 Å². The van der Waals surface area contributed by atoms with Gasteiger partial charge in [-0.1, -0.05) is 0 Å². The molecular weight excluding hydrogens is 388 g/mol. The smallest absolute Gasteiger partial charge is 0.481 e. The highest BCUT2D eigenvalue weighted by molar-refractivity contribution is 14.1. The van der Waals surface area contributed by atoms with Gasteiger partial charge in [-0.3, -0.25) is 14.9 Å². The molecule has 0 amide bonds. The van der Waals surface area contributed by atoms with Crippen LogP contribution in [0.15, 0.2) is 6.07 Å². The van der Waals surface area contributed by atoms with Crippen LogP contribution in [-0.4, -0.2) is 27.3 Å². The Labute approximate surface area is 116 Å². The number of nitrogens with zero attached hydrogens (tertiary/aromatic N) is 2. The minimum Gasteiger partial charge on any atom is -0.481 e. The maximum Gasteiger partial charge on any atom is 0.574 e. The highest BCUT2D eigenvalue weighted by Gasteiger charge is 2.33. The van der Waals surface area contributed by atoms with Crippen LogP contribution in [0, 0.1) is 13.8 Å². The van der Waals surface area contributed by atoms with Gasteiger partial charge in [-0.05, 0) is 22.6 Å². The molecule has 0 fully saturated rings. The van der Waals surface area contributed by atoms with Crippen LogP contribution >= 0.6 is 22.6 Å². The van der Waals surface area contributed by atoms with Gasteiger partial charge < -0.3 is 9.84 Å². The average Bonchev–Trinajstić information content (AvgIpc) is 2.18. The van der Waals surface area contributed by atoms with E-state index in [-0.39, 0.29) is 9.26 Å². The number of carboxylic acids is 1. The zero-order valence-corrected chi connectivity index (χ0v) is 10.9. The fourth-order valence-corrected chi connectivity index (χ4v) is 1.86. The van der Waals surface area contributed by atoms with Crippen molar-refractivity contribution in [3.8, 4) is 5.88 Å². The highest BCUT2D eigenvalue weighted by atomic mass is 127. The normalized spacial score (nSPS) is 11.2. The van der Waals surface area contributed by atoms with Crippen molar-refractivity contribution >= 4 is 34.2 Å². The molecule has 0 saturated carbocycles. The third-order valence-corrected chi connectivity index (χ3v) is 2.66. The first-order chi connectivity index (χ1) is 8.60. The molecule has 19 heavy (non-hydrogen) atoms. The van der Waals surface area contributed by atoms with Crippen molar-refractivity contribution < 1.29 is 32.7 Å². The fraction of sp³-hybridized carbons (Fsp3) is 0.250. The molecule has 0 aromatic carbocycles. The molecule has 104 valence electrons. The van der Waals surface area contributed by atoms with E-state index < -0.39 is 35.2 Å². The van der Waals surface area contributed by atoms with Gasteiger partial charge in [-0.25, -0.2) is 4.98 Å². The van der Waals surface area contributed by atoms with Crippen molar-refractivity contribution in [3.63, 3.8) is 0 Å². The van der Waals surface area contributed by atoms with E-state index in [1.807, 2.05) is 0 Å². The molecule has 1 aromatic heterocycles. The largest absolute Gasteiger partial charge is 0.574 e. The number of aliphatic carboxylic acids is 1. The number of rotatable bonds is 4. The maximum atomic E-state index is 12.0. The Balaban J connectivity index is 3.29. The number of hydrogen-bond acceptors (Lipinski definition) is 5. The molecule has 0 aliphatic rings. The van der Waals surface area contributed by atoms with Gasteiger partial charge in [-0.15, -0.1) is 13.2 Å². The Hall–Kier alpha value is -1.66. The minimum absolute atomic E-state index is 0.242. The molecule has 7 nitrogen and oxygen atoms in total. The third-order valence-electron chi connectivity index (χ3n) is 1.77. The van der Waals surface area contributed by atoms with Gasteiger partial charge >= 0.3 is 12.3 Å². The van der Waals surface area contributed by atoms with E-state index in [4.69, 9.17) is 5.11 Å². The van der Waals surface area contributed by atoms with Gasteiger partial charge in [0.25, 0.3) is 5.69 Å². The second-order valence-corrected chi connectivity index (χ2v) is 4.15. The van der Waals surface area contributed by atoms with E-state index in [0.29, 0.717) is 6.07 Å². The molecule has 0 radical (unpaired) electrons. The van der Waals surface area contributed by atoms with E-state index in [1.54, 1.807) is 0 Å². The van der Waals surface area contributed by atoms with Crippen molar-refractivity contribution in [1.82, 2.24) is 4.98 Å². The van der Waals surface area contributed by atoms with Gasteiger partial charge in [0.15, 0.2) is 0 Å². The van der Waals surface area contributed by atoms with Crippen LogP contribution in [0.4, 0.5) is 18.9 Å². The number of nitro groups is 1. The summed E-state index contributed by atoms with van der Waals surface area (Å²) in [5.41, 5.74) is -1.08. The number of carbonyl (C=O) groups is 1. The Morgan fingerprint density at radius 1 is 1.58 bits per heavy atom. The van der Waals surface area contributed by atoms with Crippen molar-refractivity contribution in [1.29, 1.82) is 0 Å². The lowest BCUT2D eigenvalue weighted by Crippen LogP contribution is -2.19. The number of halogens is 4. The van der Waals surface area contributed by atoms with Gasteiger partial charge in [-0.2, -0.15) is 0 Å². The summed E-state index contributed by atoms with van der Waals surface area (Å²) in [5, 5.41) is 19.3. The van der Waals surface area contributed by atoms with Crippen LogP contribution in [0.1, 0.15) is 5.56 Å². The van der Waals surface area contributed by atoms with E-state index in [2.05, 4.69) is 9.72 Å². The second-order valence-electron chi connectivity index (χ2n) is 3.12. The first kappa shape index (κ1) is 15.4. The molecule has 0 atom stereocenters. The van der Waals surface area contributed by atoms with E-state index >= 15 is 0 Å². The number of ether oxygens (including phenoxy) is 1. The summed E-state index contributed by atoms with van der Waals surface area (Å²) >= 11 is 1.40. The summed E-state index contributed by atoms with van der Waals surface area (Å²) in [6.07, 6.45) is -5.77. The average molecular weight is 392 g/mol. The molecule has 1 rings (SSSR count). The molecule has 11 heteroatoms. The molecule has 0 spiro atoms. The summed E-state index contributed by atoms with van der Waals surface area (Å²) < 4.78 is 39.2. The molecular formula is C8H4F3IN2O5. The molecule has 1 heterocycles. The second kappa shape index (κ2) is 5.54. The summed E-state index contributed by atoms with van der Waals surface area (Å²) in [4.78, 5) is 23.6. The van der Waals surface area contributed by atoms with Crippen molar-refractivity contribution in [3.05, 3.63) is 25.4 Å². The predicted molar refractivity (Wildman–Crippen MR) is 61.6 cm³/mol. The Bertz CT molecular complexity index is 534. The summed E-state index contributed by atoms with van der Waals surface area (Å²) in [7, 11) is 0. The highest BCUT2D eigenvalue weighted by Crippen LogP contribution is 2.30. The summed E-state index contributed by atoms with van der Waals surface area (Å²) in [6.45, 7) is 0. The lowest BCUT2D eigenvalue weighted by molar-refractivity contribution is -0.385. The summed E-state index contributed by atoms with van der Waals surface area (Å²) in [6, 6.07) is 0.438. The SMILES string of the molecule is O=C(O)Cc1c([N+](=O)[O-])cc(OC(F)(F)F)nc1I. The van der Waals surface area contributed by atoms with Gasteiger partial charge in [0, 0.05) is 0 Å². The van der Waals surface area contributed by atoms with Crippen LogP contribution < -0.4 is 4.74 Å². The first-order valence-corrected chi connectivity index (χ1v) is 5.49. The van der Waals surface area contributed by atoms with E-state index in [0.717, 1.165) is 0 Å². The molecule has 1 N–H and O–H groups in total. The quantitative estimate of drug-likeness (QED) is 0.365. The topological polar surface area (TPSA) is 103 Å². The Morgan fingerprint density at radius 3 is 2.58 bits per heavy atom. The number of carboxylic acid groups (broad SMARTS) is 1. The number of alkyl halides is 3. The molecule has 0 aliphatic carbocycles. The third kappa shape index (κ3) is 4.50. The summed E-state index contributed by atoms with van der Waals surface area (Å²) in [5.74, 6) is -2.38. The predicted octanol–water partition coefficient (Wildman–Crippen LogP) is 2.12. The molecule has 0 unspecified atom stereocenters. The van der Waals surface area contributed by atoms with Crippen molar-refractivity contribution in [2.45, 2.75) is 12.8 Å². The zero-order chi connectivity index (χ0) is 14.8. The first-order valence-electron chi connectivity index (χ1n) is 4.41. The minimum atomic E-state index is -5.04. The zero-order valence-electron chi connectivity index (χ0n) is 8.77. The van der Waals surface area contributed by atoms with Gasteiger partial charge in [0.2, 0.25) is 5.88 Å². The van der Waals surface area contributed by atoms with Gasteiger partial charge in [0.05, 0.1) is 23.0 Å². The van der Waals surface area contributed by atoms with Crippen LogP contribution in [0.5, 0.6) is 5.88 Å². The van der Waals surface area contributed by atoms with Crippen LogP contribution in [-0.2, 0) is 11.2 Å². The number of aromatic nitrogens is 1. The lowest BCUT2D eigenvalue weighted by Gasteiger charge is -2.09. The van der Waals surface area contributed by atoms with Crippen LogP contribution in [0.3, 0.4) is 0 Å². The Morgan fingerprint density at radius 2 is 2.16 bits per heavy atom.